The third-order valence-corrected chi connectivity index (χ3v) is 5.14. The quantitative estimate of drug-likeness (QED) is 0.621. The van der Waals surface area contributed by atoms with Crippen LogP contribution in [0.15, 0.2) is 23.6 Å². The number of nitrogens with one attached hydrogen (secondary N) is 1. The van der Waals surface area contributed by atoms with Crippen LogP contribution in [-0.4, -0.2) is 35.6 Å². The van der Waals surface area contributed by atoms with E-state index in [0.29, 0.717) is 18.4 Å². The van der Waals surface area contributed by atoms with Gasteiger partial charge in [0.1, 0.15) is 0 Å². The van der Waals surface area contributed by atoms with Crippen LogP contribution < -0.4 is 15.0 Å². The first-order valence-corrected chi connectivity index (χ1v) is 9.29. The Hall–Kier alpha value is -2.35. The fraction of sp³-hybridized carbons (Fsp3) is 0.471. The molecule has 1 saturated heterocycles. The number of nitro benzene ring substituents is 1. The van der Waals surface area contributed by atoms with Crippen LogP contribution in [0.1, 0.15) is 25.5 Å². The molecule has 0 radical (unpaired) electrons. The molecule has 0 atom stereocenters. The molecular weight excluding hydrogens is 340 g/mol. The molecule has 8 heteroatoms. The molecule has 1 aromatic carbocycles. The second-order valence-electron chi connectivity index (χ2n) is 6.04. The van der Waals surface area contributed by atoms with Gasteiger partial charge in [0.25, 0.3) is 0 Å². The monoisotopic (exact) mass is 362 g/mol. The van der Waals surface area contributed by atoms with Crippen LogP contribution in [0.2, 0.25) is 0 Å². The number of aromatic nitrogens is 1. The van der Waals surface area contributed by atoms with Crippen molar-refractivity contribution in [1.29, 1.82) is 0 Å². The van der Waals surface area contributed by atoms with Crippen LogP contribution in [0.3, 0.4) is 0 Å². The highest BCUT2D eigenvalue weighted by Gasteiger charge is 2.22. The number of nitro groups is 1. The van der Waals surface area contributed by atoms with Crippen molar-refractivity contribution in [2.45, 2.75) is 32.7 Å². The van der Waals surface area contributed by atoms with Crippen LogP contribution in [-0.2, 0) is 0 Å². The second kappa shape index (κ2) is 7.69. The zero-order valence-electron chi connectivity index (χ0n) is 14.4. The van der Waals surface area contributed by atoms with E-state index >= 15 is 0 Å². The molecule has 1 aromatic heterocycles. The molecule has 1 N–H and O–H groups in total. The molecule has 25 heavy (non-hydrogen) atoms. The highest BCUT2D eigenvalue weighted by Crippen LogP contribution is 2.33. The third kappa shape index (κ3) is 4.19. The van der Waals surface area contributed by atoms with Crippen molar-refractivity contribution < 1.29 is 9.66 Å². The average molecular weight is 362 g/mol. The topological polar surface area (TPSA) is 80.5 Å². The van der Waals surface area contributed by atoms with Gasteiger partial charge in [-0.1, -0.05) is 0 Å². The van der Waals surface area contributed by atoms with E-state index < -0.39 is 4.92 Å². The fourth-order valence-electron chi connectivity index (χ4n) is 3.00. The minimum absolute atomic E-state index is 0.0151. The summed E-state index contributed by atoms with van der Waals surface area (Å²) >= 11 is 1.64. The molecule has 0 amide bonds. The molecule has 0 unspecified atom stereocenters. The summed E-state index contributed by atoms with van der Waals surface area (Å²) in [7, 11) is 0. The van der Waals surface area contributed by atoms with E-state index in [2.05, 4.69) is 15.2 Å². The van der Waals surface area contributed by atoms with Crippen LogP contribution in [0, 0.1) is 17.0 Å². The Morgan fingerprint density at radius 1 is 1.44 bits per heavy atom. The maximum absolute atomic E-state index is 11.1. The zero-order chi connectivity index (χ0) is 17.8. The number of hydrogen-bond donors (Lipinski definition) is 1. The molecule has 1 aliphatic heterocycles. The number of anilines is 2. The number of ether oxygens (including phenoxy) is 1. The van der Waals surface area contributed by atoms with Crippen molar-refractivity contribution in [3.63, 3.8) is 0 Å². The van der Waals surface area contributed by atoms with E-state index in [4.69, 9.17) is 4.74 Å². The van der Waals surface area contributed by atoms with E-state index in [1.807, 2.05) is 19.2 Å². The largest absolute Gasteiger partial charge is 0.487 e. The van der Waals surface area contributed by atoms with Gasteiger partial charge < -0.3 is 15.0 Å². The molecule has 134 valence electrons. The highest BCUT2D eigenvalue weighted by molar-refractivity contribution is 7.13. The van der Waals surface area contributed by atoms with Gasteiger partial charge in [-0.25, -0.2) is 4.98 Å². The number of piperidine rings is 1. The summed E-state index contributed by atoms with van der Waals surface area (Å²) in [5.41, 5.74) is 2.03. The Labute approximate surface area is 150 Å². The molecule has 0 spiro atoms. The van der Waals surface area contributed by atoms with Crippen LogP contribution >= 0.6 is 11.3 Å². The number of benzene rings is 1. The van der Waals surface area contributed by atoms with E-state index in [1.165, 1.54) is 6.07 Å². The van der Waals surface area contributed by atoms with Crippen molar-refractivity contribution in [3.05, 3.63) is 39.4 Å². The number of aryl methyl sites for hydroxylation is 1. The summed E-state index contributed by atoms with van der Waals surface area (Å²) < 4.78 is 5.44. The number of rotatable bonds is 6. The number of thiazole rings is 1. The predicted octanol–water partition coefficient (Wildman–Crippen LogP) is 3.84. The molecule has 1 aliphatic rings. The van der Waals surface area contributed by atoms with E-state index in [1.54, 1.807) is 23.5 Å². The van der Waals surface area contributed by atoms with E-state index in [-0.39, 0.29) is 5.69 Å². The number of hydrogen-bond acceptors (Lipinski definition) is 7. The maximum Gasteiger partial charge on any atom is 0.311 e. The van der Waals surface area contributed by atoms with Gasteiger partial charge in [-0.05, 0) is 32.8 Å². The van der Waals surface area contributed by atoms with Gasteiger partial charge in [0.05, 0.1) is 17.2 Å². The molecule has 2 aromatic rings. The van der Waals surface area contributed by atoms with Crippen molar-refractivity contribution in [2.24, 2.45) is 0 Å². The molecule has 3 rings (SSSR count). The minimum Gasteiger partial charge on any atom is -0.487 e. The molecule has 7 nitrogen and oxygen atoms in total. The van der Waals surface area contributed by atoms with Crippen LogP contribution in [0.5, 0.6) is 5.75 Å². The van der Waals surface area contributed by atoms with E-state index in [9.17, 15) is 10.1 Å². The summed E-state index contributed by atoms with van der Waals surface area (Å²) in [6, 6.07) is 5.52. The Bertz CT molecular complexity index is 741. The smallest absolute Gasteiger partial charge is 0.311 e. The van der Waals surface area contributed by atoms with Gasteiger partial charge in [-0.2, -0.15) is 0 Å². The molecule has 2 heterocycles. The normalized spacial score (nSPS) is 15.2. The second-order valence-corrected chi connectivity index (χ2v) is 6.90. The number of nitrogens with zero attached hydrogens (tertiary/aromatic N) is 3. The lowest BCUT2D eigenvalue weighted by Crippen LogP contribution is -2.39. The molecule has 0 aliphatic carbocycles. The van der Waals surface area contributed by atoms with Gasteiger partial charge >= 0.3 is 5.69 Å². The first kappa shape index (κ1) is 17.5. The van der Waals surface area contributed by atoms with Gasteiger partial charge in [-0.3, -0.25) is 10.1 Å². The zero-order valence-corrected chi connectivity index (χ0v) is 15.2. The van der Waals surface area contributed by atoms with Crippen molar-refractivity contribution in [3.8, 4) is 5.75 Å². The maximum atomic E-state index is 11.1. The summed E-state index contributed by atoms with van der Waals surface area (Å²) in [6.45, 7) is 6.02. The predicted molar refractivity (Wildman–Crippen MR) is 100.0 cm³/mol. The summed E-state index contributed by atoms with van der Waals surface area (Å²) in [5.74, 6) is 0.337. The highest BCUT2D eigenvalue weighted by atomic mass is 32.1. The first-order valence-electron chi connectivity index (χ1n) is 8.41. The van der Waals surface area contributed by atoms with Crippen molar-refractivity contribution >= 4 is 27.8 Å². The van der Waals surface area contributed by atoms with Gasteiger partial charge in [-0.15, -0.1) is 11.3 Å². The Morgan fingerprint density at radius 3 is 2.80 bits per heavy atom. The van der Waals surface area contributed by atoms with Gasteiger partial charge in [0.2, 0.25) is 0 Å². The Balaban J connectivity index is 1.64. The van der Waals surface area contributed by atoms with E-state index in [0.717, 1.165) is 42.4 Å². The lowest BCUT2D eigenvalue weighted by atomic mass is 10.0. The molecule has 0 bridgehead atoms. The summed E-state index contributed by atoms with van der Waals surface area (Å²) in [4.78, 5) is 17.4. The Kier molecular flexibility index (Phi) is 5.37. The molecule has 0 saturated carbocycles. The summed E-state index contributed by atoms with van der Waals surface area (Å²) in [6.07, 6.45) is 2.00. The average Bonchev–Trinajstić information content (AvgIpc) is 3.00. The van der Waals surface area contributed by atoms with Gasteiger partial charge in [0.15, 0.2) is 10.9 Å². The van der Waals surface area contributed by atoms with Crippen LogP contribution in [0.4, 0.5) is 16.5 Å². The third-order valence-electron chi connectivity index (χ3n) is 4.25. The molecule has 1 fully saturated rings. The van der Waals surface area contributed by atoms with Gasteiger partial charge in [0, 0.05) is 42.3 Å². The van der Waals surface area contributed by atoms with Crippen molar-refractivity contribution in [2.75, 3.05) is 29.9 Å². The van der Waals surface area contributed by atoms with Crippen LogP contribution in [0.25, 0.3) is 0 Å². The minimum atomic E-state index is -0.402. The standard InChI is InChI=1S/C17H22N4O3S/c1-3-24-16-10-14(4-5-15(16)21(22)23)20-8-6-13(7-9-20)19-17-18-12(2)11-25-17/h4-5,10-11,13H,3,6-9H2,1-2H3,(H,18,19). The summed E-state index contributed by atoms with van der Waals surface area (Å²) in [5, 5.41) is 17.6. The lowest BCUT2D eigenvalue weighted by molar-refractivity contribution is -0.385. The lowest BCUT2D eigenvalue weighted by Gasteiger charge is -2.34. The first-order chi connectivity index (χ1) is 12.1. The Morgan fingerprint density at radius 2 is 2.20 bits per heavy atom. The molecular formula is C17H22N4O3S. The fourth-order valence-corrected chi connectivity index (χ4v) is 3.76. The van der Waals surface area contributed by atoms with Crippen molar-refractivity contribution in [1.82, 2.24) is 4.98 Å². The SMILES string of the molecule is CCOc1cc(N2CCC(Nc3nc(C)cs3)CC2)ccc1[N+](=O)[O-].